The summed E-state index contributed by atoms with van der Waals surface area (Å²) in [7, 11) is 3.37. The number of aryl methyl sites for hydroxylation is 1. The van der Waals surface area contributed by atoms with E-state index >= 15 is 0 Å². The van der Waals surface area contributed by atoms with Crippen LogP contribution in [0.4, 0.5) is 16.3 Å². The number of rotatable bonds is 3. The molecule has 32 heavy (non-hydrogen) atoms. The van der Waals surface area contributed by atoms with Crippen LogP contribution in [0.25, 0.3) is 0 Å². The lowest BCUT2D eigenvalue weighted by molar-refractivity contribution is 0.0649. The second kappa shape index (κ2) is 10.5. The molecule has 1 aromatic carbocycles. The van der Waals surface area contributed by atoms with Gasteiger partial charge in [0.2, 0.25) is 0 Å². The quantitative estimate of drug-likeness (QED) is 0.708. The zero-order valence-electron chi connectivity index (χ0n) is 19.7. The Hall–Kier alpha value is -3.05. The van der Waals surface area contributed by atoms with Crippen LogP contribution in [-0.4, -0.2) is 54.7 Å². The van der Waals surface area contributed by atoms with Gasteiger partial charge in [0.25, 0.3) is 0 Å². The summed E-state index contributed by atoms with van der Waals surface area (Å²) >= 11 is 0. The molecule has 0 N–H and O–H groups in total. The van der Waals surface area contributed by atoms with Gasteiger partial charge < -0.3 is 19.3 Å². The Kier molecular flexibility index (Phi) is 7.75. The molecule has 172 valence electrons. The number of benzene rings is 1. The minimum absolute atomic E-state index is 0.298. The van der Waals surface area contributed by atoms with Gasteiger partial charge in [-0.05, 0) is 37.5 Å². The average molecular weight is 440 g/mol. The van der Waals surface area contributed by atoms with Gasteiger partial charge in [-0.1, -0.05) is 19.9 Å². The third kappa shape index (κ3) is 4.58. The standard InChI is InChI=1S/C22H27N5O3.C2H6/c1-15-4-5-18(12-16(15)13-23)25(2)21-19-14-26(22(28)29-3)9-6-20(19)27(24-21)17-7-10-30-11-8-17;1-2/h4-5,12,17H,6-11,14H2,1-3H3;1-2H3. The van der Waals surface area contributed by atoms with E-state index in [9.17, 15) is 10.1 Å². The summed E-state index contributed by atoms with van der Waals surface area (Å²) in [5, 5.41) is 14.4. The zero-order chi connectivity index (χ0) is 23.3. The molecule has 0 atom stereocenters. The third-order valence-electron chi connectivity index (χ3n) is 6.08. The Morgan fingerprint density at radius 2 is 2.03 bits per heavy atom. The first-order valence-corrected chi connectivity index (χ1v) is 11.3. The highest BCUT2D eigenvalue weighted by molar-refractivity contribution is 5.70. The largest absolute Gasteiger partial charge is 0.453 e. The molecule has 4 rings (SSSR count). The Labute approximate surface area is 190 Å². The van der Waals surface area contributed by atoms with E-state index < -0.39 is 0 Å². The Morgan fingerprint density at radius 3 is 2.69 bits per heavy atom. The van der Waals surface area contributed by atoms with E-state index in [0.717, 1.165) is 55.1 Å². The fourth-order valence-corrected chi connectivity index (χ4v) is 4.28. The van der Waals surface area contributed by atoms with Crippen LogP contribution >= 0.6 is 0 Å². The second-order valence-electron chi connectivity index (χ2n) is 7.85. The number of hydrogen-bond donors (Lipinski definition) is 0. The third-order valence-corrected chi connectivity index (χ3v) is 6.08. The maximum Gasteiger partial charge on any atom is 0.409 e. The van der Waals surface area contributed by atoms with Crippen molar-refractivity contribution < 1.29 is 14.3 Å². The van der Waals surface area contributed by atoms with Crippen LogP contribution in [0.2, 0.25) is 0 Å². The van der Waals surface area contributed by atoms with Crippen LogP contribution in [0.15, 0.2) is 18.2 Å². The van der Waals surface area contributed by atoms with Crippen molar-refractivity contribution >= 4 is 17.6 Å². The highest BCUT2D eigenvalue weighted by Crippen LogP contribution is 2.36. The van der Waals surface area contributed by atoms with Gasteiger partial charge in [-0.25, -0.2) is 4.79 Å². The molecule has 0 unspecified atom stereocenters. The summed E-state index contributed by atoms with van der Waals surface area (Å²) in [6.07, 6.45) is 2.28. The first kappa shape index (κ1) is 23.6. The van der Waals surface area contributed by atoms with Crippen LogP contribution in [0.5, 0.6) is 0 Å². The predicted octanol–water partition coefficient (Wildman–Crippen LogP) is 4.33. The number of aromatic nitrogens is 2. The van der Waals surface area contributed by atoms with Gasteiger partial charge >= 0.3 is 6.09 Å². The summed E-state index contributed by atoms with van der Waals surface area (Å²) in [6.45, 7) is 8.48. The minimum Gasteiger partial charge on any atom is -0.453 e. The van der Waals surface area contributed by atoms with Gasteiger partial charge in [-0.2, -0.15) is 10.4 Å². The number of methoxy groups -OCH3 is 1. The Balaban J connectivity index is 0.00000141. The second-order valence-corrected chi connectivity index (χ2v) is 7.85. The molecule has 1 saturated heterocycles. The van der Waals surface area contributed by atoms with Crippen molar-refractivity contribution in [3.8, 4) is 6.07 Å². The smallest absolute Gasteiger partial charge is 0.409 e. The molecule has 1 fully saturated rings. The van der Waals surface area contributed by atoms with E-state index in [1.54, 1.807) is 4.90 Å². The number of carbonyl (C=O) groups is 1. The fourth-order valence-electron chi connectivity index (χ4n) is 4.28. The van der Waals surface area contributed by atoms with Crippen molar-refractivity contribution in [3.63, 3.8) is 0 Å². The van der Waals surface area contributed by atoms with E-state index in [2.05, 4.69) is 10.8 Å². The molecule has 8 nitrogen and oxygen atoms in total. The first-order chi connectivity index (χ1) is 15.5. The molecule has 2 aliphatic rings. The van der Waals surface area contributed by atoms with Crippen molar-refractivity contribution in [1.29, 1.82) is 5.26 Å². The van der Waals surface area contributed by atoms with E-state index in [0.29, 0.717) is 24.7 Å². The molecule has 0 spiro atoms. The van der Waals surface area contributed by atoms with Crippen LogP contribution in [0.1, 0.15) is 55.1 Å². The topological polar surface area (TPSA) is 83.6 Å². The number of anilines is 2. The molecule has 0 aliphatic carbocycles. The van der Waals surface area contributed by atoms with Crippen molar-refractivity contribution in [3.05, 3.63) is 40.6 Å². The maximum absolute atomic E-state index is 12.2. The predicted molar refractivity (Wildman–Crippen MR) is 123 cm³/mol. The summed E-state index contributed by atoms with van der Waals surface area (Å²) in [5.41, 5.74) is 4.71. The van der Waals surface area contributed by atoms with Crippen LogP contribution in [-0.2, 0) is 22.4 Å². The van der Waals surface area contributed by atoms with Gasteiger partial charge in [0.05, 0.1) is 31.3 Å². The average Bonchev–Trinajstić information content (AvgIpc) is 3.24. The fraction of sp³-hybridized carbons (Fsp3) is 0.542. The summed E-state index contributed by atoms with van der Waals surface area (Å²) in [4.78, 5) is 15.9. The highest BCUT2D eigenvalue weighted by Gasteiger charge is 2.32. The lowest BCUT2D eigenvalue weighted by atomic mass is 10.0. The summed E-state index contributed by atoms with van der Waals surface area (Å²) < 4.78 is 12.6. The highest BCUT2D eigenvalue weighted by atomic mass is 16.5. The van der Waals surface area contributed by atoms with Gasteiger partial charge in [0, 0.05) is 50.2 Å². The maximum atomic E-state index is 12.2. The lowest BCUT2D eigenvalue weighted by Crippen LogP contribution is -2.37. The molecule has 2 aliphatic heterocycles. The van der Waals surface area contributed by atoms with E-state index in [1.807, 2.05) is 50.9 Å². The number of ether oxygens (including phenoxy) is 2. The number of amides is 1. The van der Waals surface area contributed by atoms with Crippen molar-refractivity contribution in [2.75, 3.05) is 38.8 Å². The molecule has 3 heterocycles. The molecule has 1 aromatic heterocycles. The number of nitrogens with zero attached hydrogens (tertiary/aromatic N) is 5. The SMILES string of the molecule is CC.COC(=O)N1CCc2c(c(N(C)c3ccc(C)c(C#N)c3)nn2C2CCOCC2)C1. The van der Waals surface area contributed by atoms with Crippen LogP contribution in [0, 0.1) is 18.3 Å². The van der Waals surface area contributed by atoms with E-state index in [-0.39, 0.29) is 6.09 Å². The molecular weight excluding hydrogens is 406 g/mol. The lowest BCUT2D eigenvalue weighted by Gasteiger charge is -2.29. The van der Waals surface area contributed by atoms with Crippen molar-refractivity contribution in [1.82, 2.24) is 14.7 Å². The molecule has 1 amide bonds. The van der Waals surface area contributed by atoms with Gasteiger partial charge in [0.1, 0.15) is 0 Å². The van der Waals surface area contributed by atoms with Crippen LogP contribution in [0.3, 0.4) is 0 Å². The Bertz CT molecular complexity index is 988. The van der Waals surface area contributed by atoms with Crippen LogP contribution < -0.4 is 4.90 Å². The van der Waals surface area contributed by atoms with Crippen molar-refractivity contribution in [2.45, 2.75) is 52.6 Å². The normalized spacial score (nSPS) is 15.8. The van der Waals surface area contributed by atoms with Crippen molar-refractivity contribution in [2.24, 2.45) is 0 Å². The Morgan fingerprint density at radius 1 is 1.31 bits per heavy atom. The summed E-state index contributed by atoms with van der Waals surface area (Å²) in [6, 6.07) is 8.39. The first-order valence-electron chi connectivity index (χ1n) is 11.3. The zero-order valence-corrected chi connectivity index (χ0v) is 19.7. The molecule has 8 heteroatoms. The molecule has 0 radical (unpaired) electrons. The van der Waals surface area contributed by atoms with E-state index in [1.165, 1.54) is 12.8 Å². The molecular formula is C24H33N5O3. The summed E-state index contributed by atoms with van der Waals surface area (Å²) in [5.74, 6) is 0.817. The van der Waals surface area contributed by atoms with Gasteiger partial charge in [-0.15, -0.1) is 0 Å². The molecule has 0 bridgehead atoms. The monoisotopic (exact) mass is 439 g/mol. The number of nitriles is 1. The molecule has 2 aromatic rings. The number of hydrogen-bond acceptors (Lipinski definition) is 6. The minimum atomic E-state index is -0.324. The van der Waals surface area contributed by atoms with Gasteiger partial charge in [0.15, 0.2) is 5.82 Å². The van der Waals surface area contributed by atoms with E-state index in [4.69, 9.17) is 14.6 Å². The van der Waals surface area contributed by atoms with Gasteiger partial charge in [-0.3, -0.25) is 4.68 Å². The number of carbonyl (C=O) groups excluding carboxylic acids is 1. The molecule has 0 saturated carbocycles. The number of fused-ring (bicyclic) bond motifs is 1.